The fourth-order valence-corrected chi connectivity index (χ4v) is 1.33. The molecule has 0 aliphatic heterocycles. The van der Waals surface area contributed by atoms with Gasteiger partial charge in [0.1, 0.15) is 6.10 Å². The number of carbonyl (C=O) groups is 2. The average molecular weight is 277 g/mol. The van der Waals surface area contributed by atoms with Crippen LogP contribution in [-0.4, -0.2) is 29.6 Å². The van der Waals surface area contributed by atoms with E-state index in [1.165, 1.54) is 18.2 Å². The first-order valence-corrected chi connectivity index (χ1v) is 5.38. The summed E-state index contributed by atoms with van der Waals surface area (Å²) in [6.07, 6.45) is -1.42. The Morgan fingerprint density at radius 3 is 2.53 bits per heavy atom. The summed E-state index contributed by atoms with van der Waals surface area (Å²) in [4.78, 5) is 22.1. The molecule has 7 heteroatoms. The monoisotopic (exact) mass is 276 g/mol. The molecule has 1 aromatic carbocycles. The lowest BCUT2D eigenvalue weighted by atomic mass is 10.2. The van der Waals surface area contributed by atoms with Crippen LogP contribution in [0, 0.1) is 0 Å². The maximum absolute atomic E-state index is 11.6. The molecule has 0 heterocycles. The zero-order valence-corrected chi connectivity index (χ0v) is 10.1. The van der Waals surface area contributed by atoms with Crippen molar-refractivity contribution in [3.05, 3.63) is 33.8 Å². The van der Waals surface area contributed by atoms with Gasteiger partial charge in [-0.05, 0) is 18.2 Å². The lowest BCUT2D eigenvalue weighted by Crippen LogP contribution is -2.39. The number of amides is 2. The first kappa shape index (κ1) is 13.8. The molecule has 1 aromatic rings. The number of carbonyl (C=O) groups excluding carboxylic acids is 2. The number of nitrogens with two attached hydrogens (primary N) is 1. The molecule has 0 spiro atoms. The topological polar surface area (TPSA) is 92.4 Å². The third-order valence-corrected chi connectivity index (χ3v) is 2.71. The molecule has 5 nitrogen and oxygen atoms in total. The highest BCUT2D eigenvalue weighted by Gasteiger charge is 2.13. The summed E-state index contributed by atoms with van der Waals surface area (Å²) in [5.74, 6) is -1.39. The molecule has 0 radical (unpaired) electrons. The van der Waals surface area contributed by atoms with Crippen LogP contribution in [0.3, 0.4) is 0 Å². The smallest absolute Gasteiger partial charge is 0.251 e. The van der Waals surface area contributed by atoms with Gasteiger partial charge >= 0.3 is 0 Å². The third-order valence-electron chi connectivity index (χ3n) is 1.97. The van der Waals surface area contributed by atoms with E-state index in [1.54, 1.807) is 0 Å². The minimum absolute atomic E-state index is 0.245. The normalized spacial score (nSPS) is 11.9. The number of rotatable bonds is 4. The van der Waals surface area contributed by atoms with Gasteiger partial charge in [-0.1, -0.05) is 23.2 Å². The van der Waals surface area contributed by atoms with E-state index in [2.05, 4.69) is 5.32 Å². The molecule has 1 unspecified atom stereocenters. The molecule has 92 valence electrons. The Balaban J connectivity index is 2.64. The minimum Gasteiger partial charge on any atom is -0.381 e. The van der Waals surface area contributed by atoms with E-state index < -0.39 is 17.9 Å². The first-order chi connectivity index (χ1) is 7.91. The van der Waals surface area contributed by atoms with Gasteiger partial charge in [-0.2, -0.15) is 0 Å². The number of benzene rings is 1. The summed E-state index contributed by atoms with van der Waals surface area (Å²) in [6.45, 7) is -0.256. The van der Waals surface area contributed by atoms with Crippen LogP contribution < -0.4 is 11.1 Å². The van der Waals surface area contributed by atoms with Crippen LogP contribution in [0.1, 0.15) is 10.4 Å². The van der Waals surface area contributed by atoms with Gasteiger partial charge in [-0.25, -0.2) is 0 Å². The van der Waals surface area contributed by atoms with Crippen molar-refractivity contribution in [2.24, 2.45) is 5.73 Å². The van der Waals surface area contributed by atoms with Crippen molar-refractivity contribution in [2.75, 3.05) is 6.54 Å². The third kappa shape index (κ3) is 3.89. The van der Waals surface area contributed by atoms with Gasteiger partial charge in [0.2, 0.25) is 5.91 Å². The zero-order valence-electron chi connectivity index (χ0n) is 8.61. The molecule has 1 atom stereocenters. The summed E-state index contributed by atoms with van der Waals surface area (Å²) in [5, 5.41) is 12.0. The number of hydrogen-bond acceptors (Lipinski definition) is 3. The first-order valence-electron chi connectivity index (χ1n) is 4.62. The maximum Gasteiger partial charge on any atom is 0.251 e. The highest BCUT2D eigenvalue weighted by Crippen LogP contribution is 2.22. The van der Waals surface area contributed by atoms with Gasteiger partial charge in [0.05, 0.1) is 16.6 Å². The molecular formula is C10H10Cl2N2O3. The molecule has 17 heavy (non-hydrogen) atoms. The Morgan fingerprint density at radius 2 is 2.00 bits per heavy atom. The van der Waals surface area contributed by atoms with Gasteiger partial charge in [0.15, 0.2) is 0 Å². The van der Waals surface area contributed by atoms with Crippen LogP contribution in [0.2, 0.25) is 10.0 Å². The van der Waals surface area contributed by atoms with E-state index in [1.807, 2.05) is 0 Å². The Morgan fingerprint density at radius 1 is 1.35 bits per heavy atom. The van der Waals surface area contributed by atoms with Crippen molar-refractivity contribution in [3.63, 3.8) is 0 Å². The Kier molecular flexibility index (Phi) is 4.74. The standard InChI is InChI=1S/C10H10Cl2N2O3/c11-6-2-1-5(3-7(6)12)10(17)14-4-8(15)9(13)16/h1-3,8,15H,4H2,(H2,13,16)(H,14,17). The van der Waals surface area contributed by atoms with E-state index in [0.29, 0.717) is 5.02 Å². The van der Waals surface area contributed by atoms with Crippen molar-refractivity contribution in [1.82, 2.24) is 5.32 Å². The number of aliphatic hydroxyl groups is 1. The summed E-state index contributed by atoms with van der Waals surface area (Å²) in [5.41, 5.74) is 5.10. The Bertz CT molecular complexity index is 451. The van der Waals surface area contributed by atoms with Gasteiger partial charge in [-0.3, -0.25) is 9.59 Å². The number of nitrogens with one attached hydrogen (secondary N) is 1. The minimum atomic E-state index is -1.42. The van der Waals surface area contributed by atoms with Crippen LogP contribution in [0.15, 0.2) is 18.2 Å². The lowest BCUT2D eigenvalue weighted by molar-refractivity contribution is -0.125. The van der Waals surface area contributed by atoms with Crippen molar-refractivity contribution in [3.8, 4) is 0 Å². The molecular weight excluding hydrogens is 267 g/mol. The molecule has 0 bridgehead atoms. The number of primary amides is 1. The summed E-state index contributed by atoms with van der Waals surface area (Å²) in [7, 11) is 0. The van der Waals surface area contributed by atoms with Gasteiger partial charge < -0.3 is 16.2 Å². The molecule has 0 fully saturated rings. The second-order valence-corrected chi connectivity index (χ2v) is 4.07. The van der Waals surface area contributed by atoms with Crippen LogP contribution >= 0.6 is 23.2 Å². The summed E-state index contributed by atoms with van der Waals surface area (Å²) < 4.78 is 0. The largest absolute Gasteiger partial charge is 0.381 e. The Hall–Kier alpha value is -1.30. The number of halogens is 2. The quantitative estimate of drug-likeness (QED) is 0.751. The van der Waals surface area contributed by atoms with Crippen LogP contribution in [0.5, 0.6) is 0 Å². The van der Waals surface area contributed by atoms with E-state index in [0.717, 1.165) is 0 Å². The second-order valence-electron chi connectivity index (χ2n) is 3.26. The predicted molar refractivity (Wildman–Crippen MR) is 64.0 cm³/mol. The van der Waals surface area contributed by atoms with Crippen molar-refractivity contribution < 1.29 is 14.7 Å². The van der Waals surface area contributed by atoms with Crippen molar-refractivity contribution >= 4 is 35.0 Å². The molecule has 0 aliphatic carbocycles. The van der Waals surface area contributed by atoms with Crippen LogP contribution in [-0.2, 0) is 4.79 Å². The molecule has 0 saturated heterocycles. The van der Waals surface area contributed by atoms with E-state index >= 15 is 0 Å². The molecule has 0 aliphatic rings. The van der Waals surface area contributed by atoms with Gasteiger partial charge in [0, 0.05) is 5.56 Å². The predicted octanol–water partition coefficient (Wildman–Crippen LogP) is 0.569. The second kappa shape index (κ2) is 5.86. The van der Waals surface area contributed by atoms with Crippen molar-refractivity contribution in [1.29, 1.82) is 0 Å². The Labute approximate surface area is 108 Å². The molecule has 0 saturated carbocycles. The van der Waals surface area contributed by atoms with E-state index in [4.69, 9.17) is 34.0 Å². The number of hydrogen-bond donors (Lipinski definition) is 3. The molecule has 0 aromatic heterocycles. The van der Waals surface area contributed by atoms with Crippen LogP contribution in [0.4, 0.5) is 0 Å². The van der Waals surface area contributed by atoms with Gasteiger partial charge in [-0.15, -0.1) is 0 Å². The fourth-order valence-electron chi connectivity index (χ4n) is 1.03. The summed E-state index contributed by atoms with van der Waals surface area (Å²) in [6, 6.07) is 4.33. The van der Waals surface area contributed by atoms with Crippen LogP contribution in [0.25, 0.3) is 0 Å². The molecule has 1 rings (SSSR count). The zero-order chi connectivity index (χ0) is 13.0. The molecule has 2 amide bonds. The molecule has 4 N–H and O–H groups in total. The maximum atomic E-state index is 11.6. The highest BCUT2D eigenvalue weighted by molar-refractivity contribution is 6.42. The van der Waals surface area contributed by atoms with E-state index in [9.17, 15) is 9.59 Å². The van der Waals surface area contributed by atoms with E-state index in [-0.39, 0.29) is 17.1 Å². The SMILES string of the molecule is NC(=O)C(O)CNC(=O)c1ccc(Cl)c(Cl)c1. The van der Waals surface area contributed by atoms with Crippen molar-refractivity contribution in [2.45, 2.75) is 6.10 Å². The van der Waals surface area contributed by atoms with Gasteiger partial charge in [0.25, 0.3) is 5.91 Å². The summed E-state index contributed by atoms with van der Waals surface area (Å²) >= 11 is 11.4. The average Bonchev–Trinajstić information content (AvgIpc) is 2.28. The fraction of sp³-hybridized carbons (Fsp3) is 0.200. The highest BCUT2D eigenvalue weighted by atomic mass is 35.5. The number of aliphatic hydroxyl groups excluding tert-OH is 1. The lowest BCUT2D eigenvalue weighted by Gasteiger charge is -2.08.